The zero-order valence-electron chi connectivity index (χ0n) is 16.8. The van der Waals surface area contributed by atoms with E-state index in [-0.39, 0.29) is 19.5 Å². The summed E-state index contributed by atoms with van der Waals surface area (Å²) in [5.74, 6) is 4.68. The van der Waals surface area contributed by atoms with Crippen molar-refractivity contribution >= 4 is 7.81 Å². The summed E-state index contributed by atoms with van der Waals surface area (Å²) < 4.78 is 59.2. The fourth-order valence-electron chi connectivity index (χ4n) is 2.39. The van der Waals surface area contributed by atoms with Gasteiger partial charge in [-0.3, -0.25) is 0 Å². The Balaban J connectivity index is -0.0000000835. The fraction of sp³-hybridized carbons (Fsp3) is 0.812. The zero-order chi connectivity index (χ0) is 22.4. The second kappa shape index (κ2) is 14.2. The van der Waals surface area contributed by atoms with Gasteiger partial charge in [0.1, 0.15) is 0 Å². The molecular formula is C16H29F6N3PRu-. The van der Waals surface area contributed by atoms with E-state index in [0.29, 0.717) is 0 Å². The molecule has 0 atom stereocenters. The average Bonchev–Trinajstić information content (AvgIpc) is 2.56. The molecule has 11 heteroatoms. The first-order valence-corrected chi connectivity index (χ1v) is 9.77. The van der Waals surface area contributed by atoms with Gasteiger partial charge < -0.3 is 0 Å². The van der Waals surface area contributed by atoms with Crippen molar-refractivity contribution in [2.24, 2.45) is 29.6 Å². The van der Waals surface area contributed by atoms with Gasteiger partial charge in [-0.15, -0.1) is 0 Å². The number of hydrogen-bond donors (Lipinski definition) is 0. The summed E-state index contributed by atoms with van der Waals surface area (Å²) in [5.41, 5.74) is 0. The second-order valence-electron chi connectivity index (χ2n) is 5.92. The van der Waals surface area contributed by atoms with Crippen LogP contribution in [0.2, 0.25) is 0 Å². The molecule has 0 heterocycles. The summed E-state index contributed by atoms with van der Waals surface area (Å²) in [5, 5.41) is 22.0. The van der Waals surface area contributed by atoms with Crippen molar-refractivity contribution in [3.05, 3.63) is 0 Å². The van der Waals surface area contributed by atoms with Gasteiger partial charge in [0, 0.05) is 40.2 Å². The Bertz CT molecular complexity index is 420. The molecule has 3 nitrogen and oxygen atoms in total. The predicted molar refractivity (Wildman–Crippen MR) is 93.2 cm³/mol. The Hall–Kier alpha value is -0.897. The van der Waals surface area contributed by atoms with Crippen LogP contribution in [0, 0.1) is 63.6 Å². The molecule has 0 aromatic heterocycles. The van der Waals surface area contributed by atoms with Crippen molar-refractivity contribution < 1.29 is 44.7 Å². The minimum absolute atomic E-state index is 0. The predicted octanol–water partition coefficient (Wildman–Crippen LogP) is 8.15. The van der Waals surface area contributed by atoms with Crippen molar-refractivity contribution in [3.63, 3.8) is 0 Å². The summed E-state index contributed by atoms with van der Waals surface area (Å²) in [6.07, 6.45) is 0. The minimum Gasteiger partial charge on any atom is 0 e. The Morgan fingerprint density at radius 3 is 0.593 bits per heavy atom. The molecule has 0 aromatic carbocycles. The van der Waals surface area contributed by atoms with E-state index in [9.17, 15) is 25.2 Å². The Labute approximate surface area is 171 Å². The van der Waals surface area contributed by atoms with Crippen LogP contribution in [-0.2, 0) is 19.5 Å². The molecule has 1 aliphatic rings. The largest absolute Gasteiger partial charge is 0 e. The maximum atomic E-state index is 9.87. The first-order valence-electron chi connectivity index (χ1n) is 7.74. The van der Waals surface area contributed by atoms with E-state index in [0.717, 1.165) is 29.6 Å². The quantitative estimate of drug-likeness (QED) is 0.188. The molecule has 1 saturated carbocycles. The molecule has 0 unspecified atom stereocenters. The molecule has 0 amide bonds. The Morgan fingerprint density at radius 2 is 0.556 bits per heavy atom. The van der Waals surface area contributed by atoms with Crippen LogP contribution in [0.4, 0.5) is 25.2 Å². The third-order valence-corrected chi connectivity index (χ3v) is 4.15. The molecule has 0 spiro atoms. The first-order chi connectivity index (χ1) is 11.2. The summed E-state index contributed by atoms with van der Waals surface area (Å²) in [4.78, 5) is 0. The molecule has 1 aliphatic carbocycles. The van der Waals surface area contributed by atoms with E-state index in [2.05, 4.69) is 34.6 Å². The van der Waals surface area contributed by atoms with Crippen LogP contribution in [0.3, 0.4) is 0 Å². The molecule has 0 radical (unpaired) electrons. The SMILES string of the molecule is CC#N.CC#N.CC#N.CC1C(C)C(C)C(C)C1C.F[P-](F)(F)(F)(F)F.[Ru]. The molecule has 164 valence electrons. The Kier molecular flexibility index (Phi) is 19.4. The standard InChI is InChI=1S/C10H20.3C2H3N.F6P.Ru/c1-6-7(2)9(4)10(5)8(6)3;3*1-2-3;1-7(2,3,4,5)6;/h6-10H,1-5H3;3*1H3;;/q;;;;-1;. The summed E-state index contributed by atoms with van der Waals surface area (Å²) in [6, 6.07) is 5.25. The maximum absolute atomic E-state index is 10.7. The number of nitrogens with zero attached hydrogens (tertiary/aromatic N) is 3. The van der Waals surface area contributed by atoms with Gasteiger partial charge in [-0.2, -0.15) is 15.8 Å². The van der Waals surface area contributed by atoms with Crippen LogP contribution in [0.1, 0.15) is 55.4 Å². The monoisotopic (exact) mass is 510 g/mol. The molecule has 0 saturated heterocycles. The Morgan fingerprint density at radius 1 is 0.519 bits per heavy atom. The first kappa shape index (κ1) is 36.9. The third-order valence-electron chi connectivity index (χ3n) is 4.15. The van der Waals surface area contributed by atoms with Crippen molar-refractivity contribution in [2.45, 2.75) is 55.4 Å². The van der Waals surface area contributed by atoms with Crippen LogP contribution < -0.4 is 0 Å². The molecular weight excluding hydrogens is 480 g/mol. The van der Waals surface area contributed by atoms with Gasteiger partial charge in [0.05, 0.1) is 18.2 Å². The van der Waals surface area contributed by atoms with E-state index in [1.54, 1.807) is 18.2 Å². The summed E-state index contributed by atoms with van der Waals surface area (Å²) >= 11 is 0. The maximum Gasteiger partial charge on any atom is 0 e. The van der Waals surface area contributed by atoms with E-state index in [1.165, 1.54) is 20.8 Å². The van der Waals surface area contributed by atoms with Crippen molar-refractivity contribution in [1.82, 2.24) is 0 Å². The molecule has 0 aromatic rings. The molecule has 0 bridgehead atoms. The van der Waals surface area contributed by atoms with Crippen molar-refractivity contribution in [2.75, 3.05) is 0 Å². The van der Waals surface area contributed by atoms with E-state index >= 15 is 0 Å². The van der Waals surface area contributed by atoms with Crippen LogP contribution >= 0.6 is 7.81 Å². The summed E-state index contributed by atoms with van der Waals surface area (Å²) in [7, 11) is -10.7. The average molecular weight is 509 g/mol. The number of hydrogen-bond acceptors (Lipinski definition) is 3. The van der Waals surface area contributed by atoms with Crippen LogP contribution in [0.25, 0.3) is 0 Å². The number of halogens is 6. The van der Waals surface area contributed by atoms with E-state index in [4.69, 9.17) is 15.8 Å². The van der Waals surface area contributed by atoms with Gasteiger partial charge in [-0.25, -0.2) is 0 Å². The van der Waals surface area contributed by atoms with Crippen LogP contribution in [-0.4, -0.2) is 0 Å². The molecule has 0 N–H and O–H groups in total. The van der Waals surface area contributed by atoms with Crippen LogP contribution in [0.15, 0.2) is 0 Å². The van der Waals surface area contributed by atoms with Crippen molar-refractivity contribution in [3.8, 4) is 18.2 Å². The van der Waals surface area contributed by atoms with Gasteiger partial charge in [0.2, 0.25) is 0 Å². The van der Waals surface area contributed by atoms with E-state index < -0.39 is 7.81 Å². The van der Waals surface area contributed by atoms with Gasteiger partial charge in [-0.05, 0) is 29.6 Å². The van der Waals surface area contributed by atoms with Gasteiger partial charge in [-0.1, -0.05) is 34.6 Å². The van der Waals surface area contributed by atoms with Gasteiger partial charge in [0.25, 0.3) is 0 Å². The molecule has 27 heavy (non-hydrogen) atoms. The number of nitriles is 3. The summed E-state index contributed by atoms with van der Waals surface area (Å²) in [6.45, 7) is 16.3. The molecule has 1 rings (SSSR count). The number of rotatable bonds is 0. The van der Waals surface area contributed by atoms with Gasteiger partial charge in [0.15, 0.2) is 0 Å². The minimum atomic E-state index is -10.7. The van der Waals surface area contributed by atoms with Crippen molar-refractivity contribution in [1.29, 1.82) is 15.8 Å². The molecule has 1 fully saturated rings. The zero-order valence-corrected chi connectivity index (χ0v) is 19.4. The third kappa shape index (κ3) is 36.7. The molecule has 0 aliphatic heterocycles. The topological polar surface area (TPSA) is 71.4 Å². The van der Waals surface area contributed by atoms with Crippen LogP contribution in [0.5, 0.6) is 0 Å². The fourth-order valence-corrected chi connectivity index (χ4v) is 2.39. The normalized spacial score (nSPS) is 27.4. The smallest absolute Gasteiger partial charge is 0 e. The van der Waals surface area contributed by atoms with Gasteiger partial charge >= 0.3 is 33.0 Å². The second-order valence-corrected chi connectivity index (χ2v) is 7.84. The van der Waals surface area contributed by atoms with E-state index in [1.807, 2.05) is 0 Å².